The summed E-state index contributed by atoms with van der Waals surface area (Å²) in [5, 5.41) is 5.51. The second kappa shape index (κ2) is 6.00. The Kier molecular flexibility index (Phi) is 4.93. The molecule has 0 saturated heterocycles. The molecule has 4 N–H and O–H groups in total. The van der Waals surface area contributed by atoms with E-state index in [1.54, 1.807) is 6.92 Å². The van der Waals surface area contributed by atoms with Crippen molar-refractivity contribution in [3.05, 3.63) is 0 Å². The Labute approximate surface area is 103 Å². The molecule has 5 heteroatoms. The third kappa shape index (κ3) is 4.34. The molecule has 0 aromatic heterocycles. The monoisotopic (exact) mass is 241 g/mol. The number of rotatable bonds is 4. The zero-order valence-electron chi connectivity index (χ0n) is 10.8. The lowest BCUT2D eigenvalue weighted by molar-refractivity contribution is -0.130. The minimum Gasteiger partial charge on any atom is -0.352 e. The van der Waals surface area contributed by atoms with Crippen LogP contribution in [0.25, 0.3) is 0 Å². The molecule has 2 amide bonds. The summed E-state index contributed by atoms with van der Waals surface area (Å²) in [4.78, 5) is 23.5. The lowest BCUT2D eigenvalue weighted by Crippen LogP contribution is -2.48. The molecular weight excluding hydrogens is 218 g/mol. The molecule has 98 valence electrons. The van der Waals surface area contributed by atoms with E-state index in [9.17, 15) is 9.59 Å². The van der Waals surface area contributed by atoms with Crippen molar-refractivity contribution in [2.75, 3.05) is 0 Å². The fourth-order valence-corrected chi connectivity index (χ4v) is 2.06. The van der Waals surface area contributed by atoms with Crippen molar-refractivity contribution in [1.82, 2.24) is 10.6 Å². The van der Waals surface area contributed by atoms with Crippen LogP contribution in [-0.2, 0) is 9.59 Å². The van der Waals surface area contributed by atoms with E-state index in [2.05, 4.69) is 10.6 Å². The van der Waals surface area contributed by atoms with Gasteiger partial charge in [-0.1, -0.05) is 0 Å². The Morgan fingerprint density at radius 1 is 1.18 bits per heavy atom. The van der Waals surface area contributed by atoms with Crippen molar-refractivity contribution >= 4 is 11.8 Å². The standard InChI is InChI=1S/C12H23N3O2/c1-7(2)14-11(16)8(3)15-12(17)9-4-5-10(13)6-9/h7-10H,4-6,13H2,1-3H3,(H,14,16)(H,15,17). The molecule has 1 aliphatic rings. The Morgan fingerprint density at radius 3 is 2.29 bits per heavy atom. The van der Waals surface area contributed by atoms with Crippen LogP contribution in [0.3, 0.4) is 0 Å². The van der Waals surface area contributed by atoms with Crippen LogP contribution in [0.5, 0.6) is 0 Å². The topological polar surface area (TPSA) is 84.2 Å². The van der Waals surface area contributed by atoms with Gasteiger partial charge in [-0.3, -0.25) is 9.59 Å². The summed E-state index contributed by atoms with van der Waals surface area (Å²) in [6.07, 6.45) is 2.44. The number of carbonyl (C=O) groups excluding carboxylic acids is 2. The number of carbonyl (C=O) groups is 2. The Hall–Kier alpha value is -1.10. The van der Waals surface area contributed by atoms with Crippen LogP contribution in [0.1, 0.15) is 40.0 Å². The fourth-order valence-electron chi connectivity index (χ4n) is 2.06. The number of nitrogens with two attached hydrogens (primary N) is 1. The van der Waals surface area contributed by atoms with E-state index in [0.717, 1.165) is 19.3 Å². The van der Waals surface area contributed by atoms with E-state index in [-0.39, 0.29) is 29.8 Å². The molecule has 1 fully saturated rings. The average Bonchev–Trinajstić information content (AvgIpc) is 2.63. The first kappa shape index (κ1) is 14.0. The highest BCUT2D eigenvalue weighted by molar-refractivity contribution is 5.88. The highest BCUT2D eigenvalue weighted by Crippen LogP contribution is 2.24. The molecule has 0 aromatic rings. The van der Waals surface area contributed by atoms with Crippen molar-refractivity contribution in [2.45, 2.75) is 58.2 Å². The minimum atomic E-state index is -0.485. The Balaban J connectivity index is 2.37. The van der Waals surface area contributed by atoms with E-state index >= 15 is 0 Å². The van der Waals surface area contributed by atoms with Gasteiger partial charge in [0.2, 0.25) is 11.8 Å². The van der Waals surface area contributed by atoms with Crippen LogP contribution in [0.4, 0.5) is 0 Å². The lowest BCUT2D eigenvalue weighted by Gasteiger charge is -2.18. The summed E-state index contributed by atoms with van der Waals surface area (Å²) < 4.78 is 0. The zero-order chi connectivity index (χ0) is 13.0. The van der Waals surface area contributed by atoms with Crippen molar-refractivity contribution < 1.29 is 9.59 Å². The molecule has 0 aromatic carbocycles. The maximum atomic E-state index is 11.8. The molecular formula is C12H23N3O2. The zero-order valence-corrected chi connectivity index (χ0v) is 10.8. The summed E-state index contributed by atoms with van der Waals surface area (Å²) in [6.45, 7) is 5.48. The summed E-state index contributed by atoms with van der Waals surface area (Å²) in [6, 6.07) is -0.269. The number of hydrogen-bond donors (Lipinski definition) is 3. The number of hydrogen-bond acceptors (Lipinski definition) is 3. The largest absolute Gasteiger partial charge is 0.352 e. The van der Waals surface area contributed by atoms with Gasteiger partial charge in [-0.25, -0.2) is 0 Å². The third-order valence-corrected chi connectivity index (χ3v) is 3.03. The van der Waals surface area contributed by atoms with Crippen molar-refractivity contribution in [3.63, 3.8) is 0 Å². The first-order chi connectivity index (χ1) is 7.90. The third-order valence-electron chi connectivity index (χ3n) is 3.03. The highest BCUT2D eigenvalue weighted by Gasteiger charge is 2.29. The Morgan fingerprint density at radius 2 is 1.82 bits per heavy atom. The second-order valence-electron chi connectivity index (χ2n) is 5.16. The molecule has 0 aliphatic heterocycles. The maximum Gasteiger partial charge on any atom is 0.242 e. The molecule has 0 radical (unpaired) electrons. The van der Waals surface area contributed by atoms with Crippen LogP contribution in [0.2, 0.25) is 0 Å². The van der Waals surface area contributed by atoms with Gasteiger partial charge in [0.15, 0.2) is 0 Å². The van der Waals surface area contributed by atoms with Crippen molar-refractivity contribution in [3.8, 4) is 0 Å². The summed E-state index contributed by atoms with van der Waals surface area (Å²) in [5.41, 5.74) is 5.76. The Bertz CT molecular complexity index is 291. The van der Waals surface area contributed by atoms with Gasteiger partial charge in [-0.05, 0) is 40.0 Å². The van der Waals surface area contributed by atoms with Gasteiger partial charge in [0.1, 0.15) is 6.04 Å². The van der Waals surface area contributed by atoms with Gasteiger partial charge in [0.05, 0.1) is 0 Å². The molecule has 0 spiro atoms. The highest BCUT2D eigenvalue weighted by atomic mass is 16.2. The van der Waals surface area contributed by atoms with Gasteiger partial charge in [0.25, 0.3) is 0 Å². The van der Waals surface area contributed by atoms with E-state index < -0.39 is 6.04 Å². The smallest absolute Gasteiger partial charge is 0.242 e. The van der Waals surface area contributed by atoms with E-state index in [1.165, 1.54) is 0 Å². The molecule has 17 heavy (non-hydrogen) atoms. The van der Waals surface area contributed by atoms with Crippen molar-refractivity contribution in [1.29, 1.82) is 0 Å². The summed E-state index contributed by atoms with van der Waals surface area (Å²) >= 11 is 0. The van der Waals surface area contributed by atoms with Crippen LogP contribution < -0.4 is 16.4 Å². The normalized spacial score (nSPS) is 25.7. The first-order valence-corrected chi connectivity index (χ1v) is 6.26. The molecule has 0 heterocycles. The molecule has 1 saturated carbocycles. The van der Waals surface area contributed by atoms with Crippen LogP contribution in [-0.4, -0.2) is 29.9 Å². The van der Waals surface area contributed by atoms with Gasteiger partial charge in [-0.2, -0.15) is 0 Å². The first-order valence-electron chi connectivity index (χ1n) is 6.26. The predicted molar refractivity (Wildman–Crippen MR) is 66.2 cm³/mol. The summed E-state index contributed by atoms with van der Waals surface area (Å²) in [7, 11) is 0. The molecule has 3 unspecified atom stereocenters. The number of amides is 2. The van der Waals surface area contributed by atoms with E-state index in [0.29, 0.717) is 0 Å². The van der Waals surface area contributed by atoms with Gasteiger partial charge in [-0.15, -0.1) is 0 Å². The van der Waals surface area contributed by atoms with Crippen LogP contribution in [0.15, 0.2) is 0 Å². The van der Waals surface area contributed by atoms with Crippen LogP contribution in [0, 0.1) is 5.92 Å². The van der Waals surface area contributed by atoms with Gasteiger partial charge in [0, 0.05) is 18.0 Å². The van der Waals surface area contributed by atoms with Gasteiger partial charge >= 0.3 is 0 Å². The number of nitrogens with one attached hydrogen (secondary N) is 2. The second-order valence-corrected chi connectivity index (χ2v) is 5.16. The molecule has 5 nitrogen and oxygen atoms in total. The average molecular weight is 241 g/mol. The SMILES string of the molecule is CC(C)NC(=O)C(C)NC(=O)C1CCC(N)C1. The lowest BCUT2D eigenvalue weighted by atomic mass is 10.1. The van der Waals surface area contributed by atoms with E-state index in [1.807, 2.05) is 13.8 Å². The van der Waals surface area contributed by atoms with Crippen LogP contribution >= 0.6 is 0 Å². The minimum absolute atomic E-state index is 0.0284. The quantitative estimate of drug-likeness (QED) is 0.654. The van der Waals surface area contributed by atoms with Gasteiger partial charge < -0.3 is 16.4 Å². The molecule has 0 bridgehead atoms. The maximum absolute atomic E-state index is 11.8. The summed E-state index contributed by atoms with van der Waals surface area (Å²) in [5.74, 6) is -0.223. The molecule has 1 rings (SSSR count). The predicted octanol–water partition coefficient (Wildman–Crippen LogP) is 0.143. The van der Waals surface area contributed by atoms with Crippen molar-refractivity contribution in [2.24, 2.45) is 11.7 Å². The van der Waals surface area contributed by atoms with E-state index in [4.69, 9.17) is 5.73 Å². The molecule has 3 atom stereocenters. The molecule has 1 aliphatic carbocycles. The fraction of sp³-hybridized carbons (Fsp3) is 0.833.